The molecule has 0 radical (unpaired) electrons. The van der Waals surface area contributed by atoms with E-state index in [1.165, 1.54) is 29.0 Å². The molecule has 0 aliphatic heterocycles. The van der Waals surface area contributed by atoms with E-state index in [9.17, 15) is 14.0 Å². The van der Waals surface area contributed by atoms with Gasteiger partial charge in [0.1, 0.15) is 11.3 Å². The average Bonchev–Trinajstić information content (AvgIpc) is 2.65. The van der Waals surface area contributed by atoms with Crippen molar-refractivity contribution in [2.24, 2.45) is 0 Å². The molecule has 7 heteroatoms. The smallest absolute Gasteiger partial charge is 0.263 e. The lowest BCUT2D eigenvalue weighted by Crippen LogP contribution is -2.30. The van der Waals surface area contributed by atoms with Crippen molar-refractivity contribution in [2.75, 3.05) is 5.32 Å². The quantitative estimate of drug-likeness (QED) is 0.745. The summed E-state index contributed by atoms with van der Waals surface area (Å²) in [5.41, 5.74) is 0.622. The number of aryl methyl sites for hydroxylation is 1. The van der Waals surface area contributed by atoms with Crippen molar-refractivity contribution < 1.29 is 13.9 Å². The van der Waals surface area contributed by atoms with E-state index in [2.05, 4.69) is 10.3 Å². The number of aromatic nitrogens is 2. The molecule has 138 valence electrons. The van der Waals surface area contributed by atoms with Gasteiger partial charge in [-0.05, 0) is 50.2 Å². The molecule has 0 fully saturated rings. The fraction of sp³-hybridized carbons (Fsp3) is 0.150. The Labute approximate surface area is 155 Å². The lowest BCUT2D eigenvalue weighted by molar-refractivity contribution is 0.102. The van der Waals surface area contributed by atoms with Gasteiger partial charge < -0.3 is 14.6 Å². The number of anilines is 1. The lowest BCUT2D eigenvalue weighted by Gasteiger charge is -2.12. The van der Waals surface area contributed by atoms with Crippen LogP contribution in [0.4, 0.5) is 10.1 Å². The van der Waals surface area contributed by atoms with Crippen LogP contribution >= 0.6 is 0 Å². The number of para-hydroxylation sites is 1. The van der Waals surface area contributed by atoms with Crippen LogP contribution in [0.15, 0.2) is 59.5 Å². The van der Waals surface area contributed by atoms with Crippen LogP contribution in [0.1, 0.15) is 23.0 Å². The highest BCUT2D eigenvalue weighted by Gasteiger charge is 2.16. The average molecular weight is 367 g/mol. The van der Waals surface area contributed by atoms with Gasteiger partial charge in [-0.15, -0.1) is 0 Å². The zero-order valence-electron chi connectivity index (χ0n) is 14.9. The summed E-state index contributed by atoms with van der Waals surface area (Å²) in [7, 11) is 0. The van der Waals surface area contributed by atoms with Crippen LogP contribution in [0.5, 0.6) is 11.6 Å². The van der Waals surface area contributed by atoms with Gasteiger partial charge in [-0.3, -0.25) is 9.59 Å². The van der Waals surface area contributed by atoms with Crippen LogP contribution in [0.2, 0.25) is 0 Å². The molecule has 6 nitrogen and oxygen atoms in total. The molecule has 27 heavy (non-hydrogen) atoms. The second-order valence-electron chi connectivity index (χ2n) is 5.78. The molecule has 0 aliphatic rings. The van der Waals surface area contributed by atoms with Crippen LogP contribution in [-0.4, -0.2) is 15.5 Å². The van der Waals surface area contributed by atoms with E-state index < -0.39 is 11.7 Å². The van der Waals surface area contributed by atoms with E-state index in [-0.39, 0.29) is 28.4 Å². The number of rotatable bonds is 5. The van der Waals surface area contributed by atoms with Gasteiger partial charge in [-0.2, -0.15) is 0 Å². The Kier molecular flexibility index (Phi) is 5.30. The van der Waals surface area contributed by atoms with Crippen molar-refractivity contribution in [2.45, 2.75) is 20.4 Å². The van der Waals surface area contributed by atoms with Crippen LogP contribution in [0, 0.1) is 12.7 Å². The number of amides is 1. The van der Waals surface area contributed by atoms with Crippen LogP contribution in [-0.2, 0) is 6.54 Å². The minimum absolute atomic E-state index is 0.00291. The molecule has 1 amide bonds. The molecule has 2 aromatic heterocycles. The van der Waals surface area contributed by atoms with Gasteiger partial charge >= 0.3 is 0 Å². The number of nitrogens with one attached hydrogen (secondary N) is 1. The molecule has 2 heterocycles. The van der Waals surface area contributed by atoms with Gasteiger partial charge in [0, 0.05) is 18.4 Å². The maximum absolute atomic E-state index is 13.8. The SMILES string of the molecule is CCn1c(C)ccc(C(=O)Nc2cccnc2Oc2ccccc2F)c1=O. The first-order valence-corrected chi connectivity index (χ1v) is 8.40. The van der Waals surface area contributed by atoms with Crippen molar-refractivity contribution in [3.63, 3.8) is 0 Å². The lowest BCUT2D eigenvalue weighted by atomic mass is 10.2. The third kappa shape index (κ3) is 3.87. The summed E-state index contributed by atoms with van der Waals surface area (Å²) in [6, 6.07) is 12.2. The van der Waals surface area contributed by atoms with Gasteiger partial charge in [0.25, 0.3) is 11.5 Å². The van der Waals surface area contributed by atoms with E-state index in [4.69, 9.17) is 4.74 Å². The first-order valence-electron chi connectivity index (χ1n) is 8.40. The first-order chi connectivity index (χ1) is 13.0. The van der Waals surface area contributed by atoms with E-state index in [1.807, 2.05) is 6.92 Å². The summed E-state index contributed by atoms with van der Waals surface area (Å²) in [5, 5.41) is 2.62. The number of carbonyl (C=O) groups is 1. The molecule has 0 aliphatic carbocycles. The van der Waals surface area contributed by atoms with Gasteiger partial charge in [-0.25, -0.2) is 9.37 Å². The number of benzene rings is 1. The molecule has 1 aromatic carbocycles. The predicted octanol–water partition coefficient (Wildman–Crippen LogP) is 3.76. The van der Waals surface area contributed by atoms with E-state index in [1.54, 1.807) is 37.3 Å². The number of hydrogen-bond donors (Lipinski definition) is 1. The van der Waals surface area contributed by atoms with Gasteiger partial charge in [0.15, 0.2) is 11.6 Å². The molecule has 0 unspecified atom stereocenters. The Bertz CT molecular complexity index is 1050. The first kappa shape index (κ1) is 18.3. The monoisotopic (exact) mass is 367 g/mol. The molecule has 3 rings (SSSR count). The molecular formula is C20H18FN3O3. The minimum atomic E-state index is -0.589. The highest BCUT2D eigenvalue weighted by Crippen LogP contribution is 2.28. The second kappa shape index (κ2) is 7.82. The van der Waals surface area contributed by atoms with Gasteiger partial charge in [-0.1, -0.05) is 12.1 Å². The summed E-state index contributed by atoms with van der Waals surface area (Å²) in [6.45, 7) is 4.09. The Hall–Kier alpha value is -3.48. The topological polar surface area (TPSA) is 73.2 Å². The molecule has 0 saturated heterocycles. The van der Waals surface area contributed by atoms with Crippen molar-refractivity contribution in [3.05, 3.63) is 82.2 Å². The second-order valence-corrected chi connectivity index (χ2v) is 5.78. The number of carbonyl (C=O) groups excluding carboxylic acids is 1. The van der Waals surface area contributed by atoms with Crippen LogP contribution < -0.4 is 15.6 Å². The predicted molar refractivity (Wildman–Crippen MR) is 99.8 cm³/mol. The molecule has 0 saturated carbocycles. The summed E-state index contributed by atoms with van der Waals surface area (Å²) in [4.78, 5) is 29.1. The van der Waals surface area contributed by atoms with Gasteiger partial charge in [0.2, 0.25) is 5.88 Å². The normalized spacial score (nSPS) is 10.5. The Morgan fingerprint density at radius 2 is 1.96 bits per heavy atom. The molecular weight excluding hydrogens is 349 g/mol. The molecule has 0 spiro atoms. The maximum atomic E-state index is 13.8. The Morgan fingerprint density at radius 3 is 2.70 bits per heavy atom. The zero-order chi connectivity index (χ0) is 19.4. The number of hydrogen-bond acceptors (Lipinski definition) is 4. The molecule has 0 bridgehead atoms. The van der Waals surface area contributed by atoms with E-state index in [0.29, 0.717) is 6.54 Å². The van der Waals surface area contributed by atoms with Crippen molar-refractivity contribution in [1.29, 1.82) is 0 Å². The third-order valence-electron chi connectivity index (χ3n) is 4.02. The number of pyridine rings is 2. The Morgan fingerprint density at radius 1 is 1.19 bits per heavy atom. The van der Waals surface area contributed by atoms with E-state index in [0.717, 1.165) is 5.69 Å². The number of halogens is 1. The molecule has 1 N–H and O–H groups in total. The van der Waals surface area contributed by atoms with Gasteiger partial charge in [0.05, 0.1) is 0 Å². The third-order valence-corrected chi connectivity index (χ3v) is 4.02. The highest BCUT2D eigenvalue weighted by molar-refractivity contribution is 6.04. The number of ether oxygens (including phenoxy) is 1. The van der Waals surface area contributed by atoms with Crippen LogP contribution in [0.3, 0.4) is 0 Å². The van der Waals surface area contributed by atoms with E-state index >= 15 is 0 Å². The fourth-order valence-corrected chi connectivity index (χ4v) is 2.63. The maximum Gasteiger partial charge on any atom is 0.263 e. The summed E-state index contributed by atoms with van der Waals surface area (Å²) in [5.74, 6) is -1.13. The molecule has 3 aromatic rings. The number of nitrogens with zero attached hydrogens (tertiary/aromatic N) is 2. The van der Waals surface area contributed by atoms with Crippen molar-refractivity contribution >= 4 is 11.6 Å². The zero-order valence-corrected chi connectivity index (χ0v) is 14.9. The largest absolute Gasteiger partial charge is 0.434 e. The fourth-order valence-electron chi connectivity index (χ4n) is 2.63. The Balaban J connectivity index is 1.90. The minimum Gasteiger partial charge on any atom is -0.434 e. The summed E-state index contributed by atoms with van der Waals surface area (Å²) < 4.78 is 20.8. The van der Waals surface area contributed by atoms with Crippen molar-refractivity contribution in [3.8, 4) is 11.6 Å². The molecule has 0 atom stereocenters. The highest BCUT2D eigenvalue weighted by atomic mass is 19.1. The standard InChI is InChI=1S/C20H18FN3O3/c1-3-24-13(2)10-11-14(20(24)26)18(25)23-16-8-6-12-22-19(16)27-17-9-5-4-7-15(17)21/h4-12H,3H2,1-2H3,(H,23,25). The van der Waals surface area contributed by atoms with Crippen molar-refractivity contribution in [1.82, 2.24) is 9.55 Å². The van der Waals surface area contributed by atoms with Crippen LogP contribution in [0.25, 0.3) is 0 Å². The summed E-state index contributed by atoms with van der Waals surface area (Å²) >= 11 is 0. The summed E-state index contributed by atoms with van der Waals surface area (Å²) in [6.07, 6.45) is 1.46.